The van der Waals surface area contributed by atoms with Crippen LogP contribution in [0, 0.1) is 11.3 Å². The third-order valence-corrected chi connectivity index (χ3v) is 3.29. The van der Waals surface area contributed by atoms with Crippen molar-refractivity contribution in [1.29, 1.82) is 5.26 Å². The van der Waals surface area contributed by atoms with Crippen LogP contribution >= 0.6 is 0 Å². The summed E-state index contributed by atoms with van der Waals surface area (Å²) in [7, 11) is 0. The van der Waals surface area contributed by atoms with Crippen LogP contribution in [0.4, 0.5) is 0 Å². The number of carbonyl (C=O) groups is 1. The summed E-state index contributed by atoms with van der Waals surface area (Å²) in [6.45, 7) is 3.66. The Balaban J connectivity index is 2.02. The lowest BCUT2D eigenvalue weighted by Crippen LogP contribution is -2.33. The van der Waals surface area contributed by atoms with E-state index in [1.807, 2.05) is 50.2 Å². The minimum absolute atomic E-state index is 0.0435. The van der Waals surface area contributed by atoms with Gasteiger partial charge in [-0.15, -0.1) is 0 Å². The van der Waals surface area contributed by atoms with Crippen molar-refractivity contribution >= 4 is 5.78 Å². The molecule has 5 nitrogen and oxygen atoms in total. The van der Waals surface area contributed by atoms with E-state index in [0.717, 1.165) is 5.56 Å². The summed E-state index contributed by atoms with van der Waals surface area (Å²) >= 11 is 0. The van der Waals surface area contributed by atoms with Gasteiger partial charge in [0.25, 0.3) is 0 Å². The first-order valence-corrected chi connectivity index (χ1v) is 6.48. The van der Waals surface area contributed by atoms with Gasteiger partial charge in [0.15, 0.2) is 11.5 Å². The van der Waals surface area contributed by atoms with Gasteiger partial charge in [-0.1, -0.05) is 30.3 Å². The molecule has 0 radical (unpaired) electrons. The van der Waals surface area contributed by atoms with Crippen molar-refractivity contribution in [1.82, 2.24) is 9.97 Å². The van der Waals surface area contributed by atoms with Crippen LogP contribution in [-0.2, 0) is 10.2 Å². The normalized spacial score (nSPS) is 10.7. The monoisotopic (exact) mass is 281 g/mol. The van der Waals surface area contributed by atoms with E-state index in [2.05, 4.69) is 9.97 Å². The largest absolute Gasteiger partial charge is 0.483 e. The van der Waals surface area contributed by atoms with Gasteiger partial charge in [-0.3, -0.25) is 4.79 Å². The molecular weight excluding hydrogens is 266 g/mol. The molecule has 0 aliphatic rings. The molecule has 0 fully saturated rings. The SMILES string of the molecule is CC(C)(C(=O)COc1cnc(C#N)nc1)c1ccccc1. The first-order chi connectivity index (χ1) is 10.0. The Morgan fingerprint density at radius 2 is 1.86 bits per heavy atom. The molecule has 0 saturated heterocycles. The number of aromatic nitrogens is 2. The Kier molecular flexibility index (Phi) is 4.29. The quantitative estimate of drug-likeness (QED) is 0.840. The maximum Gasteiger partial charge on any atom is 0.232 e. The van der Waals surface area contributed by atoms with Crippen molar-refractivity contribution < 1.29 is 9.53 Å². The molecule has 0 spiro atoms. The molecule has 106 valence electrons. The highest BCUT2D eigenvalue weighted by Crippen LogP contribution is 2.24. The van der Waals surface area contributed by atoms with Gasteiger partial charge in [-0.05, 0) is 19.4 Å². The van der Waals surface area contributed by atoms with E-state index in [1.54, 1.807) is 0 Å². The summed E-state index contributed by atoms with van der Waals surface area (Å²) in [5, 5.41) is 8.61. The van der Waals surface area contributed by atoms with E-state index >= 15 is 0 Å². The fourth-order valence-electron chi connectivity index (χ4n) is 1.79. The van der Waals surface area contributed by atoms with Crippen LogP contribution in [0.2, 0.25) is 0 Å². The van der Waals surface area contributed by atoms with E-state index in [-0.39, 0.29) is 18.2 Å². The Morgan fingerprint density at radius 1 is 1.24 bits per heavy atom. The summed E-state index contributed by atoms with van der Waals surface area (Å²) < 4.78 is 5.39. The van der Waals surface area contributed by atoms with E-state index < -0.39 is 5.41 Å². The number of hydrogen-bond donors (Lipinski definition) is 0. The lowest BCUT2D eigenvalue weighted by Gasteiger charge is -2.23. The fourth-order valence-corrected chi connectivity index (χ4v) is 1.79. The number of carbonyl (C=O) groups excluding carboxylic acids is 1. The molecule has 5 heteroatoms. The third-order valence-electron chi connectivity index (χ3n) is 3.29. The molecular formula is C16H15N3O2. The van der Waals surface area contributed by atoms with Crippen molar-refractivity contribution in [2.24, 2.45) is 0 Å². The molecule has 0 aliphatic heterocycles. The standard InChI is InChI=1S/C16H15N3O2/c1-16(2,12-6-4-3-5-7-12)14(20)11-21-13-9-18-15(8-17)19-10-13/h3-7,9-10H,11H2,1-2H3. The lowest BCUT2D eigenvalue weighted by molar-refractivity contribution is -0.125. The highest BCUT2D eigenvalue weighted by Gasteiger charge is 2.29. The summed E-state index contributed by atoms with van der Waals surface area (Å²) in [4.78, 5) is 19.9. The maximum absolute atomic E-state index is 12.3. The van der Waals surface area contributed by atoms with Crippen LogP contribution in [0.25, 0.3) is 0 Å². The van der Waals surface area contributed by atoms with Gasteiger partial charge in [-0.2, -0.15) is 5.26 Å². The number of ether oxygens (including phenoxy) is 1. The van der Waals surface area contributed by atoms with Crippen LogP contribution in [-0.4, -0.2) is 22.4 Å². The number of nitriles is 1. The molecule has 1 heterocycles. The molecule has 0 saturated carbocycles. The first-order valence-electron chi connectivity index (χ1n) is 6.48. The average Bonchev–Trinajstić information content (AvgIpc) is 2.53. The Hall–Kier alpha value is -2.74. The van der Waals surface area contributed by atoms with Gasteiger partial charge in [0, 0.05) is 0 Å². The fraction of sp³-hybridized carbons (Fsp3) is 0.250. The smallest absolute Gasteiger partial charge is 0.232 e. The molecule has 21 heavy (non-hydrogen) atoms. The minimum Gasteiger partial charge on any atom is -0.483 e. The summed E-state index contributed by atoms with van der Waals surface area (Å²) in [6, 6.07) is 11.4. The van der Waals surface area contributed by atoms with Crippen LogP contribution < -0.4 is 4.74 Å². The van der Waals surface area contributed by atoms with Gasteiger partial charge >= 0.3 is 0 Å². The van der Waals surface area contributed by atoms with Crippen LogP contribution in [0.15, 0.2) is 42.7 Å². The van der Waals surface area contributed by atoms with E-state index in [9.17, 15) is 4.79 Å². The highest BCUT2D eigenvalue weighted by atomic mass is 16.5. The zero-order valence-electron chi connectivity index (χ0n) is 11.9. The van der Waals surface area contributed by atoms with E-state index in [1.165, 1.54) is 12.4 Å². The number of ketones is 1. The van der Waals surface area contributed by atoms with Crippen molar-refractivity contribution in [3.63, 3.8) is 0 Å². The Bertz CT molecular complexity index is 658. The van der Waals surface area contributed by atoms with Crippen molar-refractivity contribution in [3.05, 3.63) is 54.1 Å². The zero-order valence-corrected chi connectivity index (χ0v) is 11.9. The molecule has 1 aromatic carbocycles. The molecule has 2 aromatic rings. The molecule has 2 rings (SSSR count). The molecule has 1 aromatic heterocycles. The summed E-state index contributed by atoms with van der Waals surface area (Å²) in [5.41, 5.74) is 0.309. The third kappa shape index (κ3) is 3.42. The van der Waals surface area contributed by atoms with Gasteiger partial charge in [0.05, 0.1) is 17.8 Å². The summed E-state index contributed by atoms with van der Waals surface area (Å²) in [5.74, 6) is 0.391. The minimum atomic E-state index is -0.630. The number of hydrogen-bond acceptors (Lipinski definition) is 5. The number of nitrogens with zero attached hydrogens (tertiary/aromatic N) is 3. The average molecular weight is 281 g/mol. The molecule has 0 atom stereocenters. The molecule has 0 amide bonds. The van der Waals surface area contributed by atoms with Crippen molar-refractivity contribution in [2.45, 2.75) is 19.3 Å². The summed E-state index contributed by atoms with van der Waals surface area (Å²) in [6.07, 6.45) is 2.77. The Morgan fingerprint density at radius 3 is 2.43 bits per heavy atom. The predicted molar refractivity (Wildman–Crippen MR) is 76.7 cm³/mol. The van der Waals surface area contributed by atoms with E-state index in [4.69, 9.17) is 10.00 Å². The van der Waals surface area contributed by atoms with Crippen molar-refractivity contribution in [2.75, 3.05) is 6.61 Å². The van der Waals surface area contributed by atoms with Gasteiger partial charge in [0.2, 0.25) is 5.82 Å². The van der Waals surface area contributed by atoms with Crippen LogP contribution in [0.3, 0.4) is 0 Å². The molecule has 0 aliphatic carbocycles. The van der Waals surface area contributed by atoms with Crippen molar-refractivity contribution in [3.8, 4) is 11.8 Å². The number of benzene rings is 1. The van der Waals surface area contributed by atoms with Crippen LogP contribution in [0.1, 0.15) is 25.2 Å². The second kappa shape index (κ2) is 6.14. The number of Topliss-reactive ketones (excluding diaryl/α,β-unsaturated/α-hetero) is 1. The molecule has 0 unspecified atom stereocenters. The molecule has 0 bridgehead atoms. The van der Waals surface area contributed by atoms with Gasteiger partial charge < -0.3 is 4.74 Å². The lowest BCUT2D eigenvalue weighted by atomic mass is 9.81. The second-order valence-electron chi connectivity index (χ2n) is 5.06. The van der Waals surface area contributed by atoms with E-state index in [0.29, 0.717) is 5.75 Å². The van der Waals surface area contributed by atoms with Crippen LogP contribution in [0.5, 0.6) is 5.75 Å². The predicted octanol–water partition coefficient (Wildman–Crippen LogP) is 2.27. The Labute approximate surface area is 123 Å². The van der Waals surface area contributed by atoms with Gasteiger partial charge in [-0.25, -0.2) is 9.97 Å². The highest BCUT2D eigenvalue weighted by molar-refractivity contribution is 5.90. The van der Waals surface area contributed by atoms with Gasteiger partial charge in [0.1, 0.15) is 12.7 Å². The number of rotatable bonds is 5. The second-order valence-corrected chi connectivity index (χ2v) is 5.06. The zero-order chi connectivity index (χ0) is 15.3. The maximum atomic E-state index is 12.3. The topological polar surface area (TPSA) is 75.9 Å². The first kappa shape index (κ1) is 14.7. The molecule has 0 N–H and O–H groups in total.